The predicted molar refractivity (Wildman–Crippen MR) is 100 cm³/mol. The van der Waals surface area contributed by atoms with Gasteiger partial charge in [0.15, 0.2) is 17.7 Å². The summed E-state index contributed by atoms with van der Waals surface area (Å²) in [5.41, 5.74) is 6.83. The number of nitrogens with zero attached hydrogens (tertiary/aromatic N) is 4. The van der Waals surface area contributed by atoms with Gasteiger partial charge in [0, 0.05) is 0 Å². The van der Waals surface area contributed by atoms with Crippen molar-refractivity contribution in [1.82, 2.24) is 19.5 Å². The first-order valence-electron chi connectivity index (χ1n) is 8.24. The van der Waals surface area contributed by atoms with Crippen molar-refractivity contribution >= 4 is 30.2 Å². The quantitative estimate of drug-likeness (QED) is 0.680. The molecule has 0 saturated carbocycles. The molecule has 1 unspecified atom stereocenters. The minimum atomic E-state index is -1.28. The summed E-state index contributed by atoms with van der Waals surface area (Å²) in [6, 6.07) is 0. The van der Waals surface area contributed by atoms with Gasteiger partial charge in [-0.3, -0.25) is 4.57 Å². The van der Waals surface area contributed by atoms with Gasteiger partial charge in [-0.15, -0.1) is 13.2 Å². The largest absolute Gasteiger partial charge is 0.388 e. The van der Waals surface area contributed by atoms with Crippen molar-refractivity contribution in [3.63, 3.8) is 0 Å². The minimum Gasteiger partial charge on any atom is -0.388 e. The summed E-state index contributed by atoms with van der Waals surface area (Å²) in [6.45, 7) is 6.76. The molecule has 9 heteroatoms. The molecule has 0 amide bonds. The fraction of sp³-hybridized carbons (Fsp3) is 0.625. The number of anilines is 1. The van der Waals surface area contributed by atoms with Gasteiger partial charge in [-0.2, -0.15) is 0 Å². The van der Waals surface area contributed by atoms with Crippen molar-refractivity contribution in [3.8, 4) is 0 Å². The van der Waals surface area contributed by atoms with E-state index in [1.165, 1.54) is 6.33 Å². The first kappa shape index (κ1) is 18.3. The summed E-state index contributed by atoms with van der Waals surface area (Å²) in [5.74, 6) is 0.864. The minimum absolute atomic E-state index is 0.0756. The van der Waals surface area contributed by atoms with Gasteiger partial charge in [0.25, 0.3) is 0 Å². The number of rotatable bonds is 4. The zero-order valence-corrected chi connectivity index (χ0v) is 15.9. The molecule has 1 fully saturated rings. The molecule has 138 valence electrons. The van der Waals surface area contributed by atoms with Crippen LogP contribution in [0.4, 0.5) is 5.82 Å². The Kier molecular flexibility index (Phi) is 4.66. The van der Waals surface area contributed by atoms with E-state index in [4.69, 9.17) is 10.5 Å². The van der Waals surface area contributed by atoms with Gasteiger partial charge >= 0.3 is 0 Å². The number of aryl methyl sites for hydroxylation is 1. The summed E-state index contributed by atoms with van der Waals surface area (Å²) in [5, 5.41) is 21.0. The molecule has 0 aliphatic carbocycles. The second kappa shape index (κ2) is 6.36. The van der Waals surface area contributed by atoms with E-state index < -0.39 is 31.4 Å². The molecular formula is C16H26N5O3P. The highest BCUT2D eigenvalue weighted by Gasteiger charge is 2.46. The van der Waals surface area contributed by atoms with Crippen LogP contribution in [0.5, 0.6) is 0 Å². The number of nitrogens with two attached hydrogens (primary N) is 1. The van der Waals surface area contributed by atoms with Gasteiger partial charge in [0.05, 0.1) is 12.4 Å². The van der Waals surface area contributed by atoms with Gasteiger partial charge in [-0.25, -0.2) is 15.0 Å². The maximum atomic E-state index is 10.5. The van der Waals surface area contributed by atoms with Crippen LogP contribution in [0.1, 0.15) is 19.0 Å². The van der Waals surface area contributed by atoms with E-state index in [-0.39, 0.29) is 11.7 Å². The van der Waals surface area contributed by atoms with Gasteiger partial charge < -0.3 is 20.7 Å². The van der Waals surface area contributed by atoms with E-state index >= 15 is 0 Å². The van der Waals surface area contributed by atoms with Crippen LogP contribution in [0.25, 0.3) is 11.2 Å². The van der Waals surface area contributed by atoms with Crippen LogP contribution >= 0.6 is 6.89 Å². The molecule has 0 radical (unpaired) electrons. The van der Waals surface area contributed by atoms with E-state index in [0.717, 1.165) is 6.16 Å². The second-order valence-electron chi connectivity index (χ2n) is 7.55. The summed E-state index contributed by atoms with van der Waals surface area (Å²) in [4.78, 5) is 12.7. The first-order chi connectivity index (χ1) is 11.6. The molecular weight excluding hydrogens is 341 g/mol. The lowest BCUT2D eigenvalue weighted by atomic mass is 10.0. The van der Waals surface area contributed by atoms with E-state index in [0.29, 0.717) is 17.0 Å². The maximum absolute atomic E-state index is 10.5. The molecule has 0 spiro atoms. The number of hydrogen-bond acceptors (Lipinski definition) is 7. The Morgan fingerprint density at radius 3 is 2.68 bits per heavy atom. The van der Waals surface area contributed by atoms with Crippen LogP contribution in [0.3, 0.4) is 0 Å². The number of hydrogen-bond donors (Lipinski definition) is 3. The summed E-state index contributed by atoms with van der Waals surface area (Å²) in [7, 11) is 0. The van der Waals surface area contributed by atoms with Gasteiger partial charge in [-0.1, -0.05) is 6.92 Å². The Morgan fingerprint density at radius 1 is 1.36 bits per heavy atom. The van der Waals surface area contributed by atoms with Crippen LogP contribution in [0.2, 0.25) is 0 Å². The Balaban J connectivity index is 1.93. The fourth-order valence-corrected chi connectivity index (χ4v) is 5.27. The van der Waals surface area contributed by atoms with E-state index in [9.17, 15) is 10.2 Å². The van der Waals surface area contributed by atoms with Crippen molar-refractivity contribution in [1.29, 1.82) is 0 Å². The third-order valence-corrected chi connectivity index (χ3v) is 6.02. The van der Waals surface area contributed by atoms with Crippen LogP contribution < -0.4 is 5.73 Å². The summed E-state index contributed by atoms with van der Waals surface area (Å²) < 4.78 is 7.65. The van der Waals surface area contributed by atoms with Crippen molar-refractivity contribution in [2.24, 2.45) is 5.92 Å². The molecule has 3 rings (SSSR count). The smallest absolute Gasteiger partial charge is 0.167 e. The number of aliphatic hydroxyl groups is 2. The molecule has 2 aromatic heterocycles. The van der Waals surface area contributed by atoms with Crippen molar-refractivity contribution < 1.29 is 14.9 Å². The molecule has 0 bridgehead atoms. The highest BCUT2D eigenvalue weighted by Crippen LogP contribution is 2.42. The number of fused-ring (bicyclic) bond motifs is 1. The topological polar surface area (TPSA) is 119 Å². The zero-order valence-electron chi connectivity index (χ0n) is 15.0. The molecule has 25 heavy (non-hydrogen) atoms. The fourth-order valence-electron chi connectivity index (χ4n) is 3.51. The second-order valence-corrected chi connectivity index (χ2v) is 11.8. The van der Waals surface area contributed by atoms with Crippen LogP contribution in [0, 0.1) is 12.8 Å². The van der Waals surface area contributed by atoms with Crippen molar-refractivity contribution in [2.75, 3.05) is 25.2 Å². The van der Waals surface area contributed by atoms with E-state index in [1.54, 1.807) is 11.5 Å². The Labute approximate surface area is 147 Å². The van der Waals surface area contributed by atoms with Crippen molar-refractivity contribution in [2.45, 2.75) is 38.4 Å². The number of nitrogen functional groups attached to an aromatic ring is 1. The summed E-state index contributed by atoms with van der Waals surface area (Å²) in [6.07, 6.45) is 3.30. The lowest BCUT2D eigenvalue weighted by molar-refractivity contribution is -0.0487. The van der Waals surface area contributed by atoms with E-state index in [2.05, 4.69) is 34.6 Å². The molecule has 1 saturated heterocycles. The van der Waals surface area contributed by atoms with Gasteiger partial charge in [-0.05, 0) is 32.3 Å². The van der Waals surface area contributed by atoms with Crippen LogP contribution in [0.15, 0.2) is 6.33 Å². The average molecular weight is 367 g/mol. The molecule has 1 aliphatic heterocycles. The lowest BCUT2D eigenvalue weighted by Crippen LogP contribution is -2.36. The highest BCUT2D eigenvalue weighted by molar-refractivity contribution is 7.72. The molecule has 3 heterocycles. The predicted octanol–water partition coefficient (Wildman–Crippen LogP) is 0.681. The number of aromatic nitrogens is 4. The Morgan fingerprint density at radius 2 is 2.04 bits per heavy atom. The molecule has 2 aromatic rings. The zero-order chi connectivity index (χ0) is 18.5. The van der Waals surface area contributed by atoms with Gasteiger partial charge in [0.1, 0.15) is 23.5 Å². The standard InChI is InChI=1S/C16H26N5O3P/c1-8(6-25(3,4)5)13-11(22)12(23)16(24-13)21-7-18-10-14(17)19-9(2)20-15(10)21/h7-8,11-13,16,22-23H,3,6H2,1-2,4-5H3,(H2,17,19,20)/t8?,11-,12+,13+,16+/m0/s1. The normalized spacial score (nSPS) is 28.6. The first-order valence-corrected chi connectivity index (χ1v) is 11.3. The summed E-state index contributed by atoms with van der Waals surface area (Å²) >= 11 is 0. The SMILES string of the molecule is C=P(C)(C)CC(C)[C@H]1O[C@@H](n2cnc3c(N)nc(C)nc32)[C@H](O)[C@@H]1O. The van der Waals surface area contributed by atoms with Gasteiger partial charge in [0.2, 0.25) is 0 Å². The van der Waals surface area contributed by atoms with Crippen LogP contribution in [-0.2, 0) is 4.74 Å². The van der Waals surface area contributed by atoms with E-state index in [1.807, 2.05) is 6.92 Å². The monoisotopic (exact) mass is 367 g/mol. The third kappa shape index (κ3) is 3.44. The number of ether oxygens (including phenoxy) is 1. The number of imidazole rings is 1. The Bertz CT molecular complexity index is 833. The maximum Gasteiger partial charge on any atom is 0.167 e. The van der Waals surface area contributed by atoms with Crippen molar-refractivity contribution in [3.05, 3.63) is 12.2 Å². The third-order valence-electron chi connectivity index (χ3n) is 4.45. The lowest BCUT2D eigenvalue weighted by Gasteiger charge is -2.26. The molecule has 5 atom stereocenters. The molecule has 1 aliphatic rings. The van der Waals surface area contributed by atoms with Crippen LogP contribution in [-0.4, -0.2) is 73.8 Å². The molecule has 8 nitrogen and oxygen atoms in total. The molecule has 0 aromatic carbocycles. The Hall–Kier alpha value is -1.47. The molecule has 4 N–H and O–H groups in total. The highest BCUT2D eigenvalue weighted by atomic mass is 31.2. The number of aliphatic hydroxyl groups excluding tert-OH is 2. The average Bonchev–Trinajstić information content (AvgIpc) is 3.00.